The zero-order valence-electron chi connectivity index (χ0n) is 29.2. The third-order valence-corrected chi connectivity index (χ3v) is 10.5. The standard InChI is InChI=1S/C37H45NO12/c1-22(39)46-26-17-19-35(5,44)37-30(47-23(2)40)28(34(3,4)50-37)29(48-33(43)25-15-12-20-38-21-25)31(49-32(42)24-13-8-7-9-14-24)36(26,37)18-11-10-16-27(41)45-6/h7-9,12-15,20-21,26,28-31,44H,10-11,16-19H2,1-6H3/t26-,28+,29+,30+,31-,35-,36-,37-/m0/s1. The lowest BCUT2D eigenvalue weighted by atomic mass is 9.45. The van der Waals surface area contributed by atoms with Crippen molar-refractivity contribution in [3.05, 3.63) is 66.0 Å². The van der Waals surface area contributed by atoms with Gasteiger partial charge in [0.25, 0.3) is 0 Å². The van der Waals surface area contributed by atoms with Crippen molar-refractivity contribution in [1.29, 1.82) is 0 Å². The van der Waals surface area contributed by atoms with Crippen molar-refractivity contribution in [3.8, 4) is 0 Å². The van der Waals surface area contributed by atoms with Crippen LogP contribution in [0.5, 0.6) is 0 Å². The fraction of sp³-hybridized carbons (Fsp3) is 0.568. The van der Waals surface area contributed by atoms with Gasteiger partial charge in [-0.2, -0.15) is 0 Å². The quantitative estimate of drug-likeness (QED) is 0.202. The number of hydrogen-bond donors (Lipinski definition) is 1. The molecule has 5 rings (SSSR count). The van der Waals surface area contributed by atoms with Crippen molar-refractivity contribution in [3.63, 3.8) is 0 Å². The molecule has 1 aromatic carbocycles. The predicted molar refractivity (Wildman–Crippen MR) is 174 cm³/mol. The molecule has 13 nitrogen and oxygen atoms in total. The maximum Gasteiger partial charge on any atom is 0.340 e. The van der Waals surface area contributed by atoms with Gasteiger partial charge in [0, 0.05) is 32.7 Å². The topological polar surface area (TPSA) is 174 Å². The van der Waals surface area contributed by atoms with Crippen LogP contribution in [0.2, 0.25) is 0 Å². The Hall–Kier alpha value is -4.36. The molecule has 270 valence electrons. The fourth-order valence-corrected chi connectivity index (χ4v) is 8.69. The molecule has 0 unspecified atom stereocenters. The van der Waals surface area contributed by atoms with Gasteiger partial charge in [-0.15, -0.1) is 0 Å². The van der Waals surface area contributed by atoms with Gasteiger partial charge in [-0.1, -0.05) is 24.6 Å². The van der Waals surface area contributed by atoms with Gasteiger partial charge in [0.15, 0.2) is 6.10 Å². The molecule has 2 aliphatic carbocycles. The van der Waals surface area contributed by atoms with Crippen LogP contribution in [-0.2, 0) is 42.8 Å². The average Bonchev–Trinajstić information content (AvgIpc) is 3.27. The highest BCUT2D eigenvalue weighted by atomic mass is 16.6. The Bertz CT molecular complexity index is 1590. The first kappa shape index (κ1) is 36.9. The number of ether oxygens (including phenoxy) is 6. The van der Waals surface area contributed by atoms with Crippen molar-refractivity contribution < 1.29 is 57.5 Å². The summed E-state index contributed by atoms with van der Waals surface area (Å²) in [6, 6.07) is 11.3. The number of benzene rings is 1. The normalized spacial score (nSPS) is 32.2. The molecule has 2 bridgehead atoms. The minimum atomic E-state index is -1.87. The van der Waals surface area contributed by atoms with Crippen LogP contribution in [0.25, 0.3) is 0 Å². The van der Waals surface area contributed by atoms with Gasteiger partial charge in [0.1, 0.15) is 23.9 Å². The monoisotopic (exact) mass is 695 g/mol. The number of carbonyl (C=O) groups is 5. The lowest BCUT2D eigenvalue weighted by molar-refractivity contribution is -0.343. The van der Waals surface area contributed by atoms with Crippen LogP contribution < -0.4 is 0 Å². The average molecular weight is 696 g/mol. The second-order valence-corrected chi connectivity index (χ2v) is 14.0. The summed E-state index contributed by atoms with van der Waals surface area (Å²) in [5.74, 6) is -4.35. The number of esters is 5. The number of aliphatic hydroxyl groups is 1. The number of carbonyl (C=O) groups excluding carboxylic acids is 5. The van der Waals surface area contributed by atoms with E-state index < -0.39 is 82.4 Å². The molecule has 0 amide bonds. The van der Waals surface area contributed by atoms with Gasteiger partial charge in [0.05, 0.1) is 40.8 Å². The van der Waals surface area contributed by atoms with Crippen LogP contribution in [0, 0.1) is 11.3 Å². The number of pyridine rings is 1. The molecule has 2 saturated carbocycles. The maximum absolute atomic E-state index is 14.1. The molecule has 8 atom stereocenters. The Morgan fingerprint density at radius 1 is 0.860 bits per heavy atom. The highest BCUT2D eigenvalue weighted by molar-refractivity contribution is 5.90. The van der Waals surface area contributed by atoms with Crippen LogP contribution in [0.4, 0.5) is 0 Å². The van der Waals surface area contributed by atoms with E-state index in [9.17, 15) is 29.1 Å². The molecule has 3 aliphatic rings. The van der Waals surface area contributed by atoms with Crippen LogP contribution in [0.15, 0.2) is 54.9 Å². The number of nitrogens with zero attached hydrogens (tertiary/aromatic N) is 1. The van der Waals surface area contributed by atoms with E-state index in [4.69, 9.17) is 28.4 Å². The second kappa shape index (κ2) is 14.1. The van der Waals surface area contributed by atoms with Crippen molar-refractivity contribution in [2.24, 2.45) is 11.3 Å². The first-order chi connectivity index (χ1) is 23.6. The first-order valence-electron chi connectivity index (χ1n) is 16.8. The van der Waals surface area contributed by atoms with Crippen molar-refractivity contribution in [1.82, 2.24) is 4.98 Å². The van der Waals surface area contributed by atoms with E-state index in [-0.39, 0.29) is 43.2 Å². The molecule has 50 heavy (non-hydrogen) atoms. The Kier molecular flexibility index (Phi) is 10.4. The number of fused-ring (bicyclic) bond motifs is 1. The van der Waals surface area contributed by atoms with E-state index in [0.717, 1.165) is 0 Å². The minimum Gasteiger partial charge on any atom is -0.469 e. The van der Waals surface area contributed by atoms with Gasteiger partial charge in [0.2, 0.25) is 0 Å². The Labute approximate surface area is 290 Å². The van der Waals surface area contributed by atoms with Gasteiger partial charge in [-0.3, -0.25) is 19.4 Å². The summed E-state index contributed by atoms with van der Waals surface area (Å²) < 4.78 is 36.9. The van der Waals surface area contributed by atoms with E-state index in [1.54, 1.807) is 57.2 Å². The molecule has 1 aromatic heterocycles. The SMILES string of the molecule is COC(=O)CCCC[C@@]12[C@@H](OC(C)=O)CC[C@](C)(O)[C@]13OC(C)(C)[C@H]([C@@H](OC(=O)c1cccnc1)[C@@H]2OC(=O)c1ccccc1)[C@H]3OC(C)=O. The minimum absolute atomic E-state index is 0.0202. The van der Waals surface area contributed by atoms with E-state index in [0.29, 0.717) is 6.42 Å². The molecule has 3 fully saturated rings. The van der Waals surface area contributed by atoms with Gasteiger partial charge >= 0.3 is 29.8 Å². The fourth-order valence-electron chi connectivity index (χ4n) is 8.69. The molecular formula is C37H45NO12. The molecule has 1 N–H and O–H groups in total. The molecular weight excluding hydrogens is 650 g/mol. The second-order valence-electron chi connectivity index (χ2n) is 14.0. The van der Waals surface area contributed by atoms with Gasteiger partial charge in [-0.05, 0) is 70.7 Å². The summed E-state index contributed by atoms with van der Waals surface area (Å²) in [7, 11) is 1.28. The number of methoxy groups -OCH3 is 1. The number of unbranched alkanes of at least 4 members (excludes halogenated alkanes) is 1. The zero-order valence-corrected chi connectivity index (χ0v) is 29.2. The van der Waals surface area contributed by atoms with Crippen molar-refractivity contribution in [2.75, 3.05) is 7.11 Å². The van der Waals surface area contributed by atoms with Crippen LogP contribution in [0.1, 0.15) is 93.9 Å². The van der Waals surface area contributed by atoms with Crippen LogP contribution >= 0.6 is 0 Å². The summed E-state index contributed by atoms with van der Waals surface area (Å²) in [5.41, 5.74) is -6.33. The summed E-state index contributed by atoms with van der Waals surface area (Å²) >= 11 is 0. The lowest BCUT2D eigenvalue weighted by Gasteiger charge is -2.66. The first-order valence-corrected chi connectivity index (χ1v) is 16.8. The molecule has 13 heteroatoms. The number of rotatable bonds is 11. The third-order valence-electron chi connectivity index (χ3n) is 10.5. The largest absolute Gasteiger partial charge is 0.469 e. The van der Waals surface area contributed by atoms with Crippen molar-refractivity contribution >= 4 is 29.8 Å². The third kappa shape index (κ3) is 6.37. The van der Waals surface area contributed by atoms with Crippen LogP contribution in [0.3, 0.4) is 0 Å². The molecule has 1 aliphatic heterocycles. The summed E-state index contributed by atoms with van der Waals surface area (Å²) in [4.78, 5) is 70.0. The highest BCUT2D eigenvalue weighted by Crippen LogP contribution is 2.70. The summed E-state index contributed by atoms with van der Waals surface area (Å²) in [6.45, 7) is 7.48. The summed E-state index contributed by atoms with van der Waals surface area (Å²) in [6.07, 6.45) is -1.57. The predicted octanol–water partition coefficient (Wildman–Crippen LogP) is 4.14. The van der Waals surface area contributed by atoms with E-state index in [2.05, 4.69) is 4.98 Å². The molecule has 1 spiro atoms. The maximum atomic E-state index is 14.1. The number of hydrogen-bond acceptors (Lipinski definition) is 13. The lowest BCUT2D eigenvalue weighted by Crippen LogP contribution is -2.82. The molecule has 2 aromatic rings. The Morgan fingerprint density at radius 2 is 1.52 bits per heavy atom. The van der Waals surface area contributed by atoms with E-state index in [1.807, 2.05) is 0 Å². The Morgan fingerprint density at radius 3 is 2.14 bits per heavy atom. The van der Waals surface area contributed by atoms with Crippen molar-refractivity contribution in [2.45, 2.75) is 114 Å². The smallest absolute Gasteiger partial charge is 0.340 e. The molecule has 1 saturated heterocycles. The zero-order chi connectivity index (χ0) is 36.5. The van der Waals surface area contributed by atoms with Crippen LogP contribution in [-0.4, -0.2) is 88.3 Å². The highest BCUT2D eigenvalue weighted by Gasteiger charge is 2.86. The van der Waals surface area contributed by atoms with Gasteiger partial charge in [-0.25, -0.2) is 9.59 Å². The van der Waals surface area contributed by atoms with Gasteiger partial charge < -0.3 is 33.5 Å². The molecule has 0 radical (unpaired) electrons. The Balaban J connectivity index is 1.80. The van der Waals surface area contributed by atoms with E-state index in [1.165, 1.54) is 39.4 Å². The number of aromatic nitrogens is 1. The summed E-state index contributed by atoms with van der Waals surface area (Å²) in [5, 5.41) is 12.6. The molecule has 2 heterocycles. The van der Waals surface area contributed by atoms with E-state index >= 15 is 0 Å².